The molecule has 0 unspecified atom stereocenters. The van der Waals surface area contributed by atoms with E-state index in [0.717, 1.165) is 6.29 Å². The molecule has 1 aliphatic carbocycles. The molecule has 0 aromatic heterocycles. The van der Waals surface area contributed by atoms with Gasteiger partial charge in [0.05, 0.1) is 0 Å². The summed E-state index contributed by atoms with van der Waals surface area (Å²) in [6.45, 7) is 0. The zero-order valence-corrected chi connectivity index (χ0v) is 5.60. The molecule has 50 valence electrons. The zero-order chi connectivity index (χ0) is 6.53. The molecule has 0 atom stereocenters. The lowest BCUT2D eigenvalue weighted by molar-refractivity contribution is -0.107. The number of hydrogen-bond donors (Lipinski definition) is 0. The molecule has 0 saturated heterocycles. The van der Waals surface area contributed by atoms with Gasteiger partial charge in [-0.25, -0.2) is 0 Å². The van der Waals surface area contributed by atoms with Crippen LogP contribution in [0.1, 0.15) is 32.1 Å². The average molecular weight is 124 g/mol. The van der Waals surface area contributed by atoms with Gasteiger partial charge in [0.25, 0.3) is 0 Å². The molecule has 1 nitrogen and oxygen atoms in total. The third kappa shape index (κ3) is 2.00. The lowest BCUT2D eigenvalue weighted by Crippen LogP contribution is -1.73. The van der Waals surface area contributed by atoms with Crippen molar-refractivity contribution < 1.29 is 4.79 Å². The molecule has 0 heterocycles. The first-order valence-corrected chi connectivity index (χ1v) is 3.55. The highest BCUT2D eigenvalue weighted by Crippen LogP contribution is 2.23. The highest BCUT2D eigenvalue weighted by Gasteiger charge is 2.04. The monoisotopic (exact) mass is 124 g/mol. The number of carbonyl (C=O) groups excluding carboxylic acids is 1. The van der Waals surface area contributed by atoms with E-state index in [4.69, 9.17) is 0 Å². The van der Waals surface area contributed by atoms with Gasteiger partial charge in [-0.05, 0) is 25.7 Å². The fourth-order valence-corrected chi connectivity index (χ4v) is 1.25. The molecule has 1 aliphatic rings. The quantitative estimate of drug-likeness (QED) is 0.407. The van der Waals surface area contributed by atoms with E-state index in [1.807, 2.05) is 0 Å². The molecular formula is C8H12O. The summed E-state index contributed by atoms with van der Waals surface area (Å²) in [5.74, 6) is 0. The Morgan fingerprint density at radius 2 is 2.00 bits per heavy atom. The van der Waals surface area contributed by atoms with Gasteiger partial charge in [0, 0.05) is 6.42 Å². The molecule has 1 rings (SSSR count). The number of aldehydes is 1. The molecule has 9 heavy (non-hydrogen) atoms. The van der Waals surface area contributed by atoms with Gasteiger partial charge in [-0.3, -0.25) is 0 Å². The second-order valence-electron chi connectivity index (χ2n) is 2.47. The average Bonchev–Trinajstić information content (AvgIpc) is 2.34. The second-order valence-corrected chi connectivity index (χ2v) is 2.47. The Balaban J connectivity index is 2.30. The first-order chi connectivity index (χ1) is 4.43. The largest absolute Gasteiger partial charge is 0.303 e. The van der Waals surface area contributed by atoms with Crippen LogP contribution in [0.3, 0.4) is 0 Å². The normalized spacial score (nSPS) is 18.0. The van der Waals surface area contributed by atoms with Crippen LogP contribution in [0.2, 0.25) is 0 Å². The van der Waals surface area contributed by atoms with E-state index in [-0.39, 0.29) is 0 Å². The van der Waals surface area contributed by atoms with Gasteiger partial charge >= 0.3 is 0 Å². The minimum atomic E-state index is 0.620. The molecule has 0 aromatic rings. The first kappa shape index (κ1) is 6.53. The highest BCUT2D eigenvalue weighted by atomic mass is 16.1. The lowest BCUT2D eigenvalue weighted by atomic mass is 10.2. The summed E-state index contributed by atoms with van der Waals surface area (Å²) in [6.07, 6.45) is 8.76. The van der Waals surface area contributed by atoms with Crippen molar-refractivity contribution in [3.8, 4) is 0 Å². The summed E-state index contributed by atoms with van der Waals surface area (Å²) in [7, 11) is 0. The van der Waals surface area contributed by atoms with Crippen molar-refractivity contribution in [2.75, 3.05) is 0 Å². The Kier molecular flexibility index (Phi) is 2.49. The van der Waals surface area contributed by atoms with Crippen LogP contribution in [0.25, 0.3) is 0 Å². The van der Waals surface area contributed by atoms with E-state index in [9.17, 15) is 4.79 Å². The maximum Gasteiger partial charge on any atom is 0.123 e. The maximum absolute atomic E-state index is 9.92. The van der Waals surface area contributed by atoms with E-state index in [2.05, 4.69) is 6.08 Å². The van der Waals surface area contributed by atoms with Crippen LogP contribution in [-0.2, 0) is 4.79 Å². The van der Waals surface area contributed by atoms with E-state index in [0.29, 0.717) is 6.42 Å². The van der Waals surface area contributed by atoms with Crippen molar-refractivity contribution in [1.82, 2.24) is 0 Å². The van der Waals surface area contributed by atoms with Gasteiger partial charge in [-0.2, -0.15) is 0 Å². The fraction of sp³-hybridized carbons (Fsp3) is 0.625. The Hall–Kier alpha value is -0.590. The Labute approximate surface area is 55.8 Å². The van der Waals surface area contributed by atoms with Crippen LogP contribution in [0.15, 0.2) is 11.6 Å². The van der Waals surface area contributed by atoms with Crippen LogP contribution in [0, 0.1) is 0 Å². The third-order valence-electron chi connectivity index (χ3n) is 1.75. The Morgan fingerprint density at radius 3 is 2.56 bits per heavy atom. The minimum absolute atomic E-state index is 0.620. The van der Waals surface area contributed by atoms with Crippen LogP contribution < -0.4 is 0 Å². The number of hydrogen-bond acceptors (Lipinski definition) is 1. The molecule has 0 spiro atoms. The fourth-order valence-electron chi connectivity index (χ4n) is 1.25. The van der Waals surface area contributed by atoms with Gasteiger partial charge in [0.1, 0.15) is 6.29 Å². The van der Waals surface area contributed by atoms with Gasteiger partial charge in [0.2, 0.25) is 0 Å². The van der Waals surface area contributed by atoms with Crippen LogP contribution in [-0.4, -0.2) is 6.29 Å². The lowest BCUT2D eigenvalue weighted by Gasteiger charge is -1.88. The summed E-state index contributed by atoms with van der Waals surface area (Å²) in [5.41, 5.74) is 1.49. The molecule has 1 fully saturated rings. The highest BCUT2D eigenvalue weighted by molar-refractivity contribution is 5.52. The summed E-state index contributed by atoms with van der Waals surface area (Å²) in [5, 5.41) is 0. The zero-order valence-electron chi connectivity index (χ0n) is 5.60. The smallest absolute Gasteiger partial charge is 0.123 e. The maximum atomic E-state index is 9.92. The van der Waals surface area contributed by atoms with Crippen LogP contribution >= 0.6 is 0 Å². The van der Waals surface area contributed by atoms with Crippen LogP contribution in [0.4, 0.5) is 0 Å². The SMILES string of the molecule is O=CCC=C1CCCC1. The summed E-state index contributed by atoms with van der Waals surface area (Å²) in [6, 6.07) is 0. The van der Waals surface area contributed by atoms with Crippen molar-refractivity contribution in [2.45, 2.75) is 32.1 Å². The summed E-state index contributed by atoms with van der Waals surface area (Å²) in [4.78, 5) is 9.92. The minimum Gasteiger partial charge on any atom is -0.303 e. The molecule has 0 amide bonds. The first-order valence-electron chi connectivity index (χ1n) is 3.55. The Morgan fingerprint density at radius 1 is 1.33 bits per heavy atom. The van der Waals surface area contributed by atoms with Crippen molar-refractivity contribution in [3.05, 3.63) is 11.6 Å². The summed E-state index contributed by atoms with van der Waals surface area (Å²) < 4.78 is 0. The molecule has 1 saturated carbocycles. The predicted molar refractivity (Wildman–Crippen MR) is 37.2 cm³/mol. The van der Waals surface area contributed by atoms with Crippen molar-refractivity contribution >= 4 is 6.29 Å². The van der Waals surface area contributed by atoms with Gasteiger partial charge in [-0.15, -0.1) is 0 Å². The topological polar surface area (TPSA) is 17.1 Å². The molecule has 0 bridgehead atoms. The molecule has 0 radical (unpaired) electrons. The second kappa shape index (κ2) is 3.44. The standard InChI is InChI=1S/C8H12O/c9-7-3-6-8-4-1-2-5-8/h6-7H,1-5H2. The van der Waals surface area contributed by atoms with Gasteiger partial charge < -0.3 is 4.79 Å². The van der Waals surface area contributed by atoms with Crippen molar-refractivity contribution in [1.29, 1.82) is 0 Å². The van der Waals surface area contributed by atoms with Crippen molar-refractivity contribution in [2.24, 2.45) is 0 Å². The number of carbonyl (C=O) groups is 1. The van der Waals surface area contributed by atoms with E-state index >= 15 is 0 Å². The van der Waals surface area contributed by atoms with Crippen LogP contribution in [0.5, 0.6) is 0 Å². The van der Waals surface area contributed by atoms with Gasteiger partial charge in [-0.1, -0.05) is 11.6 Å². The molecule has 1 heteroatoms. The third-order valence-corrected chi connectivity index (χ3v) is 1.75. The Bertz CT molecular complexity index is 117. The number of allylic oxidation sites excluding steroid dienone is 2. The van der Waals surface area contributed by atoms with Gasteiger partial charge in [0.15, 0.2) is 0 Å². The molecule has 0 aromatic carbocycles. The van der Waals surface area contributed by atoms with Crippen molar-refractivity contribution in [3.63, 3.8) is 0 Å². The molecule has 0 N–H and O–H groups in total. The summed E-state index contributed by atoms with van der Waals surface area (Å²) >= 11 is 0. The van der Waals surface area contributed by atoms with E-state index < -0.39 is 0 Å². The van der Waals surface area contributed by atoms with E-state index in [1.54, 1.807) is 0 Å². The number of rotatable bonds is 2. The molecule has 0 aliphatic heterocycles. The van der Waals surface area contributed by atoms with E-state index in [1.165, 1.54) is 31.3 Å². The molecular weight excluding hydrogens is 112 g/mol. The predicted octanol–water partition coefficient (Wildman–Crippen LogP) is 2.08.